The van der Waals surface area contributed by atoms with Gasteiger partial charge in [0.05, 0.1) is 16.9 Å². The van der Waals surface area contributed by atoms with E-state index in [0.717, 1.165) is 26.0 Å². The van der Waals surface area contributed by atoms with Gasteiger partial charge in [-0.15, -0.1) is 0 Å². The second kappa shape index (κ2) is 6.15. The molecule has 22 heavy (non-hydrogen) atoms. The first-order valence-electron chi connectivity index (χ1n) is 6.54. The molecule has 0 saturated heterocycles. The van der Waals surface area contributed by atoms with E-state index in [9.17, 15) is 22.9 Å². The number of rotatable bonds is 7. The smallest absolute Gasteiger partial charge is 0.315 e. The summed E-state index contributed by atoms with van der Waals surface area (Å²) in [5, 5.41) is 10.9. The Labute approximate surface area is 126 Å². The zero-order chi connectivity index (χ0) is 16.5. The normalized spacial score (nSPS) is 16.3. The molecule has 1 aliphatic rings. The molecule has 10 heteroatoms. The third-order valence-electron chi connectivity index (χ3n) is 3.46. The molecule has 0 aliphatic heterocycles. The van der Waals surface area contributed by atoms with E-state index in [1.807, 2.05) is 0 Å². The molecule has 1 unspecified atom stereocenters. The quantitative estimate of drug-likeness (QED) is 0.560. The van der Waals surface area contributed by atoms with Crippen molar-refractivity contribution in [2.45, 2.75) is 23.8 Å². The number of methoxy groups -OCH3 is 1. The van der Waals surface area contributed by atoms with Crippen LogP contribution in [-0.2, 0) is 10.0 Å². The van der Waals surface area contributed by atoms with Crippen LogP contribution in [0.2, 0.25) is 0 Å². The first kappa shape index (κ1) is 16.6. The molecular formula is C12H16FN3O5S. The predicted octanol–water partition coefficient (Wildman–Crippen LogP) is 0.758. The number of hydrogen-bond donors (Lipinski definition) is 2. The lowest BCUT2D eigenvalue weighted by Gasteiger charge is -2.16. The van der Waals surface area contributed by atoms with Gasteiger partial charge < -0.3 is 10.5 Å². The molecule has 0 bridgehead atoms. The van der Waals surface area contributed by atoms with E-state index < -0.39 is 43.1 Å². The fourth-order valence-electron chi connectivity index (χ4n) is 2.15. The summed E-state index contributed by atoms with van der Waals surface area (Å²) >= 11 is 0. The summed E-state index contributed by atoms with van der Waals surface area (Å²) in [4.78, 5) is 9.50. The summed E-state index contributed by atoms with van der Waals surface area (Å²) in [7, 11) is -3.05. The van der Waals surface area contributed by atoms with Crippen molar-refractivity contribution in [3.8, 4) is 5.75 Å². The van der Waals surface area contributed by atoms with Crippen molar-refractivity contribution >= 4 is 15.7 Å². The minimum atomic E-state index is -4.11. The van der Waals surface area contributed by atoms with Gasteiger partial charge in [-0.25, -0.2) is 17.5 Å². The number of sulfonamides is 1. The molecule has 1 aromatic rings. The van der Waals surface area contributed by atoms with Gasteiger partial charge >= 0.3 is 5.69 Å². The van der Waals surface area contributed by atoms with Gasteiger partial charge in [0.2, 0.25) is 15.8 Å². The van der Waals surface area contributed by atoms with Gasteiger partial charge in [-0.1, -0.05) is 0 Å². The molecular weight excluding hydrogens is 317 g/mol. The molecule has 2 rings (SSSR count). The van der Waals surface area contributed by atoms with Gasteiger partial charge in [-0.2, -0.15) is 0 Å². The average Bonchev–Trinajstić information content (AvgIpc) is 3.28. The van der Waals surface area contributed by atoms with Crippen LogP contribution < -0.4 is 15.2 Å². The fourth-order valence-corrected chi connectivity index (χ4v) is 3.50. The minimum absolute atomic E-state index is 0.102. The number of halogens is 1. The van der Waals surface area contributed by atoms with E-state index in [1.54, 1.807) is 0 Å². The summed E-state index contributed by atoms with van der Waals surface area (Å²) in [6, 6.07) is 0.994. The van der Waals surface area contributed by atoms with E-state index in [2.05, 4.69) is 9.46 Å². The number of nitrogens with one attached hydrogen (secondary N) is 1. The monoisotopic (exact) mass is 333 g/mol. The van der Waals surface area contributed by atoms with Crippen molar-refractivity contribution in [3.63, 3.8) is 0 Å². The number of nitrogens with zero attached hydrogens (tertiary/aromatic N) is 1. The topological polar surface area (TPSA) is 125 Å². The molecule has 1 saturated carbocycles. The average molecular weight is 333 g/mol. The summed E-state index contributed by atoms with van der Waals surface area (Å²) in [6.45, 7) is 0.102. The standard InChI is InChI=1S/C12H16FN3O5S/c1-21-12-9(13)4-8(5-11(12)16(17)18)22(19,20)15-10(6-14)7-2-3-7/h4-5,7,10,15H,2-3,6,14H2,1H3. The van der Waals surface area contributed by atoms with E-state index in [4.69, 9.17) is 5.73 Å². The lowest BCUT2D eigenvalue weighted by atomic mass is 10.2. The highest BCUT2D eigenvalue weighted by Gasteiger charge is 2.34. The van der Waals surface area contributed by atoms with Crippen LogP contribution in [0.3, 0.4) is 0 Å². The first-order chi connectivity index (χ1) is 10.3. The Morgan fingerprint density at radius 1 is 1.55 bits per heavy atom. The second-order valence-corrected chi connectivity index (χ2v) is 6.73. The fraction of sp³-hybridized carbons (Fsp3) is 0.500. The van der Waals surface area contributed by atoms with E-state index in [-0.39, 0.29) is 12.5 Å². The largest absolute Gasteiger partial charge is 0.488 e. The van der Waals surface area contributed by atoms with Crippen LogP contribution in [0.5, 0.6) is 5.75 Å². The molecule has 0 spiro atoms. The van der Waals surface area contributed by atoms with Gasteiger partial charge in [-0.3, -0.25) is 10.1 Å². The Hall–Kier alpha value is -1.78. The van der Waals surface area contributed by atoms with Crippen molar-refractivity contribution < 1.29 is 22.5 Å². The van der Waals surface area contributed by atoms with Crippen molar-refractivity contribution in [2.75, 3.05) is 13.7 Å². The van der Waals surface area contributed by atoms with Crippen molar-refractivity contribution in [1.82, 2.24) is 4.72 Å². The predicted molar refractivity (Wildman–Crippen MR) is 75.5 cm³/mol. The molecule has 122 valence electrons. The van der Waals surface area contributed by atoms with Crippen molar-refractivity contribution in [1.29, 1.82) is 0 Å². The third-order valence-corrected chi connectivity index (χ3v) is 4.93. The number of hydrogen-bond acceptors (Lipinski definition) is 6. The summed E-state index contributed by atoms with van der Waals surface area (Å²) in [5.41, 5.74) is 4.77. The highest BCUT2D eigenvalue weighted by Crippen LogP contribution is 2.35. The summed E-state index contributed by atoms with van der Waals surface area (Å²) in [5.74, 6) is -1.58. The Balaban J connectivity index is 2.40. The molecule has 0 amide bonds. The molecule has 1 aromatic carbocycles. The molecule has 0 heterocycles. The SMILES string of the molecule is COc1c(F)cc(S(=O)(=O)NC(CN)C2CC2)cc1[N+](=O)[O-]. The zero-order valence-corrected chi connectivity index (χ0v) is 12.6. The molecule has 3 N–H and O–H groups in total. The summed E-state index contributed by atoms with van der Waals surface area (Å²) < 4.78 is 45.3. The lowest BCUT2D eigenvalue weighted by Crippen LogP contribution is -2.41. The molecule has 8 nitrogen and oxygen atoms in total. The Morgan fingerprint density at radius 3 is 2.64 bits per heavy atom. The van der Waals surface area contributed by atoms with Crippen LogP contribution in [0.4, 0.5) is 10.1 Å². The number of nitro groups is 1. The maximum atomic E-state index is 13.8. The van der Waals surface area contributed by atoms with E-state index in [0.29, 0.717) is 6.07 Å². The Morgan fingerprint density at radius 2 is 2.18 bits per heavy atom. The van der Waals surface area contributed by atoms with Crippen LogP contribution in [0.15, 0.2) is 17.0 Å². The summed E-state index contributed by atoms with van der Waals surface area (Å²) in [6.07, 6.45) is 1.73. The van der Waals surface area contributed by atoms with Crippen LogP contribution in [-0.4, -0.2) is 33.0 Å². The Kier molecular flexibility index (Phi) is 4.63. The van der Waals surface area contributed by atoms with Gasteiger partial charge in [0.25, 0.3) is 0 Å². The first-order valence-corrected chi connectivity index (χ1v) is 8.02. The Bertz CT molecular complexity index is 690. The molecule has 1 atom stereocenters. The number of ether oxygens (including phenoxy) is 1. The van der Waals surface area contributed by atoms with Gasteiger partial charge in [-0.05, 0) is 24.8 Å². The van der Waals surface area contributed by atoms with E-state index >= 15 is 0 Å². The highest BCUT2D eigenvalue weighted by atomic mass is 32.2. The number of nitrogens with two attached hydrogens (primary N) is 1. The maximum absolute atomic E-state index is 13.8. The zero-order valence-electron chi connectivity index (χ0n) is 11.8. The molecule has 0 radical (unpaired) electrons. The minimum Gasteiger partial charge on any atom is -0.488 e. The number of benzene rings is 1. The van der Waals surface area contributed by atoms with Crippen LogP contribution in [0.25, 0.3) is 0 Å². The molecule has 1 aliphatic carbocycles. The van der Waals surface area contributed by atoms with Gasteiger partial charge in [0.15, 0.2) is 5.82 Å². The van der Waals surface area contributed by atoms with Crippen molar-refractivity contribution in [3.05, 3.63) is 28.1 Å². The number of nitro benzene ring substituents is 1. The maximum Gasteiger partial charge on any atom is 0.315 e. The third kappa shape index (κ3) is 3.34. The van der Waals surface area contributed by atoms with Gasteiger partial charge in [0.1, 0.15) is 0 Å². The van der Waals surface area contributed by atoms with Crippen LogP contribution >= 0.6 is 0 Å². The van der Waals surface area contributed by atoms with Crippen molar-refractivity contribution in [2.24, 2.45) is 11.7 Å². The van der Waals surface area contributed by atoms with Crippen LogP contribution in [0, 0.1) is 21.8 Å². The highest BCUT2D eigenvalue weighted by molar-refractivity contribution is 7.89. The molecule has 1 fully saturated rings. The second-order valence-electron chi connectivity index (χ2n) is 5.02. The van der Waals surface area contributed by atoms with Crippen LogP contribution in [0.1, 0.15) is 12.8 Å². The molecule has 0 aromatic heterocycles. The lowest BCUT2D eigenvalue weighted by molar-refractivity contribution is -0.386. The van der Waals surface area contributed by atoms with Gasteiger partial charge in [0, 0.05) is 18.7 Å². The van der Waals surface area contributed by atoms with E-state index in [1.165, 1.54) is 0 Å².